The SMILES string of the molecule is COc1cc(OC)c(OC)cc1/C=N/Nc1c(Cl)cc(Cl)cc1Cl. The molecule has 0 aliphatic rings. The number of hydrogen-bond donors (Lipinski definition) is 1. The Labute approximate surface area is 155 Å². The van der Waals surface area contributed by atoms with Crippen LogP contribution in [0.5, 0.6) is 17.2 Å². The zero-order valence-electron chi connectivity index (χ0n) is 13.2. The summed E-state index contributed by atoms with van der Waals surface area (Å²) in [5.41, 5.74) is 3.93. The molecule has 0 aromatic heterocycles. The molecule has 5 nitrogen and oxygen atoms in total. The second kappa shape index (κ2) is 8.33. The minimum absolute atomic E-state index is 0.365. The van der Waals surface area contributed by atoms with Crippen molar-refractivity contribution in [3.63, 3.8) is 0 Å². The molecule has 2 aromatic rings. The van der Waals surface area contributed by atoms with Crippen LogP contribution in [0.15, 0.2) is 29.4 Å². The molecular formula is C16H15Cl3N2O3. The van der Waals surface area contributed by atoms with Crippen molar-refractivity contribution < 1.29 is 14.2 Å². The summed E-state index contributed by atoms with van der Waals surface area (Å²) in [6.07, 6.45) is 1.56. The first-order valence-corrected chi connectivity index (χ1v) is 7.87. The van der Waals surface area contributed by atoms with E-state index in [4.69, 9.17) is 49.0 Å². The number of methoxy groups -OCH3 is 3. The Morgan fingerprint density at radius 2 is 1.38 bits per heavy atom. The minimum atomic E-state index is 0.365. The third kappa shape index (κ3) is 4.17. The highest BCUT2D eigenvalue weighted by Crippen LogP contribution is 2.35. The van der Waals surface area contributed by atoms with Gasteiger partial charge < -0.3 is 14.2 Å². The zero-order valence-corrected chi connectivity index (χ0v) is 15.5. The standard InChI is InChI=1S/C16H15Cl3N2O3/c1-22-13-7-15(24-3)14(23-2)4-9(13)8-20-21-16-11(18)5-10(17)6-12(16)19/h4-8,21H,1-3H3/b20-8+. The number of benzene rings is 2. The van der Waals surface area contributed by atoms with Gasteiger partial charge in [0.2, 0.25) is 0 Å². The minimum Gasteiger partial charge on any atom is -0.496 e. The molecule has 0 saturated heterocycles. The van der Waals surface area contributed by atoms with E-state index in [1.807, 2.05) is 0 Å². The Bertz CT molecular complexity index is 743. The van der Waals surface area contributed by atoms with Crippen molar-refractivity contribution in [2.75, 3.05) is 26.8 Å². The molecule has 0 unspecified atom stereocenters. The van der Waals surface area contributed by atoms with Gasteiger partial charge in [0.15, 0.2) is 11.5 Å². The number of ether oxygens (including phenoxy) is 3. The van der Waals surface area contributed by atoms with E-state index in [1.165, 1.54) is 0 Å². The maximum absolute atomic E-state index is 6.10. The number of nitrogens with zero attached hydrogens (tertiary/aromatic N) is 1. The fourth-order valence-corrected chi connectivity index (χ4v) is 2.87. The van der Waals surface area contributed by atoms with Gasteiger partial charge in [0.1, 0.15) is 5.75 Å². The molecule has 0 bridgehead atoms. The van der Waals surface area contributed by atoms with E-state index >= 15 is 0 Å². The molecule has 0 saturated carbocycles. The second-order valence-electron chi connectivity index (χ2n) is 4.56. The molecule has 0 heterocycles. The summed E-state index contributed by atoms with van der Waals surface area (Å²) in [6, 6.07) is 6.60. The Morgan fingerprint density at radius 1 is 0.833 bits per heavy atom. The maximum Gasteiger partial charge on any atom is 0.164 e. The predicted molar refractivity (Wildman–Crippen MR) is 98.8 cm³/mol. The van der Waals surface area contributed by atoms with Gasteiger partial charge in [0.05, 0.1) is 43.3 Å². The third-order valence-corrected chi connectivity index (χ3v) is 3.94. The van der Waals surface area contributed by atoms with Crippen LogP contribution < -0.4 is 19.6 Å². The maximum atomic E-state index is 6.10. The Morgan fingerprint density at radius 3 is 1.92 bits per heavy atom. The van der Waals surface area contributed by atoms with Crippen LogP contribution in [0, 0.1) is 0 Å². The first-order valence-electron chi connectivity index (χ1n) is 6.73. The lowest BCUT2D eigenvalue weighted by atomic mass is 10.2. The lowest BCUT2D eigenvalue weighted by Gasteiger charge is -2.12. The van der Waals surface area contributed by atoms with Crippen molar-refractivity contribution in [1.29, 1.82) is 0 Å². The fraction of sp³-hybridized carbons (Fsp3) is 0.188. The Balaban J connectivity index is 2.29. The molecule has 8 heteroatoms. The van der Waals surface area contributed by atoms with Gasteiger partial charge in [0.25, 0.3) is 0 Å². The van der Waals surface area contributed by atoms with Gasteiger partial charge in [-0.3, -0.25) is 5.43 Å². The van der Waals surface area contributed by atoms with E-state index in [2.05, 4.69) is 10.5 Å². The van der Waals surface area contributed by atoms with Crippen LogP contribution in [-0.2, 0) is 0 Å². The third-order valence-electron chi connectivity index (χ3n) is 3.12. The molecule has 2 rings (SSSR count). The highest BCUT2D eigenvalue weighted by Gasteiger charge is 2.11. The molecule has 1 N–H and O–H groups in total. The lowest BCUT2D eigenvalue weighted by Crippen LogP contribution is -1.98. The first-order chi connectivity index (χ1) is 11.5. The highest BCUT2D eigenvalue weighted by atomic mass is 35.5. The zero-order chi connectivity index (χ0) is 17.7. The van der Waals surface area contributed by atoms with E-state index < -0.39 is 0 Å². The fourth-order valence-electron chi connectivity index (χ4n) is 1.97. The van der Waals surface area contributed by atoms with Crippen molar-refractivity contribution >= 4 is 46.7 Å². The van der Waals surface area contributed by atoms with Gasteiger partial charge in [-0.15, -0.1) is 0 Å². The molecule has 128 valence electrons. The van der Waals surface area contributed by atoms with Gasteiger partial charge in [0, 0.05) is 16.7 Å². The van der Waals surface area contributed by atoms with E-state index in [0.29, 0.717) is 43.6 Å². The van der Waals surface area contributed by atoms with Gasteiger partial charge in [-0.05, 0) is 18.2 Å². The quantitative estimate of drug-likeness (QED) is 0.550. The van der Waals surface area contributed by atoms with Crippen LogP contribution in [0.4, 0.5) is 5.69 Å². The van der Waals surface area contributed by atoms with Gasteiger partial charge in [-0.25, -0.2) is 0 Å². The number of nitrogens with one attached hydrogen (secondary N) is 1. The number of rotatable bonds is 6. The van der Waals surface area contributed by atoms with Gasteiger partial charge in [-0.1, -0.05) is 34.8 Å². The number of hydrazone groups is 1. The van der Waals surface area contributed by atoms with Crippen LogP contribution in [0.2, 0.25) is 15.1 Å². The average molecular weight is 390 g/mol. The molecule has 24 heavy (non-hydrogen) atoms. The summed E-state index contributed by atoms with van der Waals surface area (Å²) in [6.45, 7) is 0. The van der Waals surface area contributed by atoms with Crippen molar-refractivity contribution in [2.24, 2.45) is 5.10 Å². The van der Waals surface area contributed by atoms with Crippen LogP contribution in [-0.4, -0.2) is 27.5 Å². The van der Waals surface area contributed by atoms with Crippen molar-refractivity contribution in [3.05, 3.63) is 44.9 Å². The van der Waals surface area contributed by atoms with Gasteiger partial charge >= 0.3 is 0 Å². The average Bonchev–Trinajstić information content (AvgIpc) is 2.56. The highest BCUT2D eigenvalue weighted by molar-refractivity contribution is 6.41. The van der Waals surface area contributed by atoms with Crippen molar-refractivity contribution in [2.45, 2.75) is 0 Å². The summed E-state index contributed by atoms with van der Waals surface area (Å²) in [7, 11) is 4.66. The lowest BCUT2D eigenvalue weighted by molar-refractivity contribution is 0.349. The Kier molecular flexibility index (Phi) is 6.43. The molecule has 0 aliphatic carbocycles. The van der Waals surface area contributed by atoms with Crippen molar-refractivity contribution in [1.82, 2.24) is 0 Å². The number of anilines is 1. The molecule has 0 atom stereocenters. The van der Waals surface area contributed by atoms with Gasteiger partial charge in [-0.2, -0.15) is 5.10 Å². The monoisotopic (exact) mass is 388 g/mol. The first kappa shape index (κ1) is 18.5. The summed E-state index contributed by atoms with van der Waals surface area (Å²) in [5.74, 6) is 1.69. The van der Waals surface area contributed by atoms with E-state index in [0.717, 1.165) is 0 Å². The van der Waals surface area contributed by atoms with E-state index in [1.54, 1.807) is 51.8 Å². The normalized spacial score (nSPS) is 10.8. The van der Waals surface area contributed by atoms with Crippen molar-refractivity contribution in [3.8, 4) is 17.2 Å². The summed E-state index contributed by atoms with van der Waals surface area (Å²) >= 11 is 18.1. The Hall–Kier alpha value is -1.82. The van der Waals surface area contributed by atoms with Crippen LogP contribution in [0.3, 0.4) is 0 Å². The summed E-state index contributed by atoms with van der Waals surface area (Å²) in [5, 5.41) is 5.31. The molecule has 0 amide bonds. The molecule has 0 spiro atoms. The molecule has 0 radical (unpaired) electrons. The molecular weight excluding hydrogens is 375 g/mol. The summed E-state index contributed by atoms with van der Waals surface area (Å²) < 4.78 is 15.8. The van der Waals surface area contributed by atoms with Crippen LogP contribution >= 0.6 is 34.8 Å². The van der Waals surface area contributed by atoms with E-state index in [9.17, 15) is 0 Å². The van der Waals surface area contributed by atoms with E-state index in [-0.39, 0.29) is 0 Å². The summed E-state index contributed by atoms with van der Waals surface area (Å²) in [4.78, 5) is 0. The number of halogens is 3. The second-order valence-corrected chi connectivity index (χ2v) is 5.81. The predicted octanol–water partition coefficient (Wildman–Crippen LogP) is 5.12. The van der Waals surface area contributed by atoms with Crippen LogP contribution in [0.1, 0.15) is 5.56 Å². The molecule has 2 aromatic carbocycles. The van der Waals surface area contributed by atoms with Crippen LogP contribution in [0.25, 0.3) is 0 Å². The smallest absolute Gasteiger partial charge is 0.164 e. The molecule has 0 fully saturated rings. The largest absolute Gasteiger partial charge is 0.496 e. The molecule has 0 aliphatic heterocycles. The topological polar surface area (TPSA) is 52.1 Å². The number of hydrogen-bond acceptors (Lipinski definition) is 5.